The van der Waals surface area contributed by atoms with E-state index in [2.05, 4.69) is 15.0 Å². The standard InChI is InChI=1S/C20H20Cl2N4O3S/c1-14(20-23-19(24-29-20)15-5-3-2-4-6-15)25-9-11-26(12-10-25)30(27,28)16-7-8-17(21)18(22)13-16/h2-8,13-14H,9-12H2,1H3/t14-/m0/s1. The monoisotopic (exact) mass is 466 g/mol. The second-order valence-corrected chi connectivity index (χ2v) is 9.77. The van der Waals surface area contributed by atoms with Crippen molar-refractivity contribution in [1.29, 1.82) is 0 Å². The number of rotatable bonds is 5. The van der Waals surface area contributed by atoms with Gasteiger partial charge in [0.2, 0.25) is 21.7 Å². The molecule has 0 saturated carbocycles. The van der Waals surface area contributed by atoms with Crippen LogP contribution >= 0.6 is 23.2 Å². The van der Waals surface area contributed by atoms with Crippen molar-refractivity contribution in [2.45, 2.75) is 17.9 Å². The number of aromatic nitrogens is 2. The number of benzene rings is 2. The van der Waals surface area contributed by atoms with Gasteiger partial charge >= 0.3 is 0 Å². The minimum Gasteiger partial charge on any atom is -0.337 e. The molecule has 1 fully saturated rings. The average molecular weight is 467 g/mol. The maximum atomic E-state index is 12.9. The van der Waals surface area contributed by atoms with Crippen LogP contribution in [0.2, 0.25) is 10.0 Å². The molecule has 0 amide bonds. The fourth-order valence-electron chi connectivity index (χ4n) is 3.38. The molecular formula is C20H20Cl2N4O3S. The zero-order valence-corrected chi connectivity index (χ0v) is 18.5. The number of piperazine rings is 1. The van der Waals surface area contributed by atoms with E-state index >= 15 is 0 Å². The van der Waals surface area contributed by atoms with E-state index in [1.54, 1.807) is 0 Å². The van der Waals surface area contributed by atoms with Gasteiger partial charge in [0.05, 0.1) is 21.0 Å². The molecule has 0 N–H and O–H groups in total. The molecule has 2 heterocycles. The highest BCUT2D eigenvalue weighted by Crippen LogP contribution is 2.28. The van der Waals surface area contributed by atoms with E-state index in [9.17, 15) is 8.42 Å². The average Bonchev–Trinajstić information content (AvgIpc) is 3.26. The van der Waals surface area contributed by atoms with Crippen LogP contribution < -0.4 is 0 Å². The maximum Gasteiger partial charge on any atom is 0.244 e. The minimum absolute atomic E-state index is 0.121. The van der Waals surface area contributed by atoms with E-state index in [1.807, 2.05) is 37.3 Å². The van der Waals surface area contributed by atoms with Crippen LogP contribution in [0.4, 0.5) is 0 Å². The zero-order chi connectivity index (χ0) is 21.3. The molecule has 30 heavy (non-hydrogen) atoms. The molecular weight excluding hydrogens is 447 g/mol. The fourth-order valence-corrected chi connectivity index (χ4v) is 5.19. The molecule has 1 atom stereocenters. The third kappa shape index (κ3) is 4.24. The Bertz CT molecular complexity index is 1130. The Morgan fingerprint density at radius 3 is 2.37 bits per heavy atom. The lowest BCUT2D eigenvalue weighted by atomic mass is 10.2. The fraction of sp³-hybridized carbons (Fsp3) is 0.300. The molecule has 0 unspecified atom stereocenters. The van der Waals surface area contributed by atoms with Crippen molar-refractivity contribution >= 4 is 33.2 Å². The van der Waals surface area contributed by atoms with E-state index in [1.165, 1.54) is 22.5 Å². The summed E-state index contributed by atoms with van der Waals surface area (Å²) in [6.45, 7) is 3.78. The summed E-state index contributed by atoms with van der Waals surface area (Å²) in [6.07, 6.45) is 0. The maximum absolute atomic E-state index is 12.9. The molecule has 1 aliphatic rings. The van der Waals surface area contributed by atoms with Gasteiger partial charge in [-0.3, -0.25) is 4.90 Å². The Hall–Kier alpha value is -1.97. The van der Waals surface area contributed by atoms with E-state index < -0.39 is 10.0 Å². The summed E-state index contributed by atoms with van der Waals surface area (Å²) in [7, 11) is -3.63. The van der Waals surface area contributed by atoms with Crippen molar-refractivity contribution in [2.75, 3.05) is 26.2 Å². The lowest BCUT2D eigenvalue weighted by molar-refractivity contribution is 0.124. The van der Waals surface area contributed by atoms with Gasteiger partial charge in [0, 0.05) is 31.7 Å². The first-order valence-corrected chi connectivity index (χ1v) is 11.6. The normalized spacial score (nSPS) is 17.2. The third-order valence-corrected chi connectivity index (χ3v) is 7.81. The summed E-state index contributed by atoms with van der Waals surface area (Å²) in [5.41, 5.74) is 0.886. The molecule has 2 aromatic carbocycles. The van der Waals surface area contributed by atoms with Crippen molar-refractivity contribution in [2.24, 2.45) is 0 Å². The van der Waals surface area contributed by atoms with Crippen molar-refractivity contribution < 1.29 is 12.9 Å². The van der Waals surface area contributed by atoms with Crippen LogP contribution in [0.5, 0.6) is 0 Å². The van der Waals surface area contributed by atoms with Gasteiger partial charge in [-0.25, -0.2) is 8.42 Å². The van der Waals surface area contributed by atoms with Crippen LogP contribution in [0.25, 0.3) is 11.4 Å². The highest BCUT2D eigenvalue weighted by atomic mass is 35.5. The highest BCUT2D eigenvalue weighted by Gasteiger charge is 2.32. The second kappa shape index (κ2) is 8.64. The van der Waals surface area contributed by atoms with Gasteiger partial charge in [-0.1, -0.05) is 58.7 Å². The largest absolute Gasteiger partial charge is 0.337 e. The van der Waals surface area contributed by atoms with E-state index in [-0.39, 0.29) is 16.0 Å². The Balaban J connectivity index is 1.43. The molecule has 0 aliphatic carbocycles. The predicted molar refractivity (Wildman–Crippen MR) is 115 cm³/mol. The van der Waals surface area contributed by atoms with E-state index in [4.69, 9.17) is 27.7 Å². The van der Waals surface area contributed by atoms with Crippen molar-refractivity contribution in [1.82, 2.24) is 19.3 Å². The van der Waals surface area contributed by atoms with Crippen LogP contribution in [-0.2, 0) is 10.0 Å². The minimum atomic E-state index is -3.63. The summed E-state index contributed by atoms with van der Waals surface area (Å²) in [4.78, 5) is 6.78. The molecule has 1 aromatic heterocycles. The summed E-state index contributed by atoms with van der Waals surface area (Å²) in [6, 6.07) is 13.8. The number of hydrogen-bond acceptors (Lipinski definition) is 6. The quantitative estimate of drug-likeness (QED) is 0.562. The lowest BCUT2D eigenvalue weighted by Crippen LogP contribution is -2.49. The highest BCUT2D eigenvalue weighted by molar-refractivity contribution is 7.89. The number of sulfonamides is 1. The van der Waals surface area contributed by atoms with Gasteiger partial charge in [-0.2, -0.15) is 9.29 Å². The summed E-state index contributed by atoms with van der Waals surface area (Å²) in [5.74, 6) is 1.05. The molecule has 0 spiro atoms. The lowest BCUT2D eigenvalue weighted by Gasteiger charge is -2.36. The molecule has 1 saturated heterocycles. The molecule has 158 valence electrons. The molecule has 4 rings (SSSR count). The first-order chi connectivity index (χ1) is 14.4. The van der Waals surface area contributed by atoms with Crippen molar-refractivity contribution in [3.05, 3.63) is 64.5 Å². The Morgan fingerprint density at radius 1 is 1.00 bits per heavy atom. The van der Waals surface area contributed by atoms with Gasteiger partial charge in [0.1, 0.15) is 0 Å². The van der Waals surface area contributed by atoms with Crippen LogP contribution in [-0.4, -0.2) is 53.9 Å². The predicted octanol–water partition coefficient (Wildman–Crippen LogP) is 4.11. The van der Waals surface area contributed by atoms with Crippen LogP contribution in [0.3, 0.4) is 0 Å². The Morgan fingerprint density at radius 2 is 1.70 bits per heavy atom. The molecule has 7 nitrogen and oxygen atoms in total. The van der Waals surface area contributed by atoms with Gasteiger partial charge < -0.3 is 4.52 Å². The van der Waals surface area contributed by atoms with Crippen LogP contribution in [0.15, 0.2) is 57.9 Å². The van der Waals surface area contributed by atoms with Crippen molar-refractivity contribution in [3.63, 3.8) is 0 Å². The number of halogens is 2. The van der Waals surface area contributed by atoms with Gasteiger partial charge in [-0.15, -0.1) is 0 Å². The van der Waals surface area contributed by atoms with Crippen LogP contribution in [0, 0.1) is 0 Å². The Kier molecular flexibility index (Phi) is 6.13. The molecule has 1 aliphatic heterocycles. The van der Waals surface area contributed by atoms with E-state index in [0.29, 0.717) is 42.9 Å². The topological polar surface area (TPSA) is 79.5 Å². The van der Waals surface area contributed by atoms with E-state index in [0.717, 1.165) is 5.56 Å². The van der Waals surface area contributed by atoms with Gasteiger partial charge in [-0.05, 0) is 25.1 Å². The first kappa shape index (κ1) is 21.3. The smallest absolute Gasteiger partial charge is 0.244 e. The number of nitrogens with zero attached hydrogens (tertiary/aromatic N) is 4. The van der Waals surface area contributed by atoms with Gasteiger partial charge in [0.25, 0.3) is 0 Å². The Labute approximate surface area is 185 Å². The second-order valence-electron chi connectivity index (χ2n) is 7.01. The van der Waals surface area contributed by atoms with Gasteiger partial charge in [0.15, 0.2) is 0 Å². The first-order valence-electron chi connectivity index (χ1n) is 9.44. The summed E-state index contributed by atoms with van der Waals surface area (Å²) >= 11 is 11.9. The molecule has 3 aromatic rings. The number of hydrogen-bond donors (Lipinski definition) is 0. The summed E-state index contributed by atoms with van der Waals surface area (Å²) in [5, 5.41) is 4.61. The van der Waals surface area contributed by atoms with Crippen molar-refractivity contribution in [3.8, 4) is 11.4 Å². The molecule has 0 bridgehead atoms. The zero-order valence-electron chi connectivity index (χ0n) is 16.2. The van der Waals surface area contributed by atoms with Crippen LogP contribution in [0.1, 0.15) is 18.9 Å². The molecule has 10 heteroatoms. The summed E-state index contributed by atoms with van der Waals surface area (Å²) < 4.78 is 32.8. The third-order valence-electron chi connectivity index (χ3n) is 5.18. The molecule has 0 radical (unpaired) electrons. The SMILES string of the molecule is C[C@@H](c1nc(-c2ccccc2)no1)N1CCN(S(=O)(=O)c2ccc(Cl)c(Cl)c2)CC1.